The average molecular weight is 345 g/mol. The maximum absolute atomic E-state index is 11.0. The molecule has 9 nitrogen and oxygen atoms in total. The molecule has 2 aromatic carbocycles. The number of hydrazone groups is 1. The summed E-state index contributed by atoms with van der Waals surface area (Å²) in [5, 5.41) is 25.6. The van der Waals surface area contributed by atoms with Crippen LogP contribution in [0.5, 0.6) is 0 Å². The summed E-state index contributed by atoms with van der Waals surface area (Å²) in [5.41, 5.74) is 8.65. The van der Waals surface area contributed by atoms with E-state index in [9.17, 15) is 20.2 Å². The van der Waals surface area contributed by atoms with E-state index in [1.54, 1.807) is 24.3 Å². The van der Waals surface area contributed by atoms with Crippen LogP contribution >= 0.6 is 12.2 Å². The standard InChI is InChI=1S/C14H11N5O4S/c15-14(24)10-3-1-9(2-4-10)8-16-17-12-6-5-11(18(20)21)7-13(12)19(22)23/h1-8,17H,(H2,15,24). The lowest BCUT2D eigenvalue weighted by atomic mass is 10.1. The maximum Gasteiger partial charge on any atom is 0.301 e. The predicted octanol–water partition coefficient (Wildman–Crippen LogP) is 2.58. The van der Waals surface area contributed by atoms with Crippen LogP contribution in [0.1, 0.15) is 11.1 Å². The third kappa shape index (κ3) is 4.08. The molecule has 24 heavy (non-hydrogen) atoms. The van der Waals surface area contributed by atoms with Crippen LogP contribution in [0.25, 0.3) is 0 Å². The van der Waals surface area contributed by atoms with Crippen LogP contribution in [0.2, 0.25) is 0 Å². The van der Waals surface area contributed by atoms with E-state index in [1.165, 1.54) is 12.3 Å². The molecule has 0 aliphatic rings. The normalized spacial score (nSPS) is 10.5. The van der Waals surface area contributed by atoms with E-state index in [2.05, 4.69) is 10.5 Å². The molecule has 10 heteroatoms. The van der Waals surface area contributed by atoms with Gasteiger partial charge in [0.1, 0.15) is 10.7 Å². The van der Waals surface area contributed by atoms with Crippen LogP contribution in [0.3, 0.4) is 0 Å². The first-order valence-electron chi connectivity index (χ1n) is 6.50. The zero-order chi connectivity index (χ0) is 17.7. The number of rotatable bonds is 6. The quantitative estimate of drug-likeness (QED) is 0.355. The number of hydrogen-bond donors (Lipinski definition) is 2. The largest absolute Gasteiger partial charge is 0.389 e. The molecule has 0 aliphatic carbocycles. The van der Waals surface area contributed by atoms with Crippen molar-refractivity contribution in [1.82, 2.24) is 0 Å². The van der Waals surface area contributed by atoms with Gasteiger partial charge in [0.15, 0.2) is 0 Å². The molecule has 0 radical (unpaired) electrons. The summed E-state index contributed by atoms with van der Waals surface area (Å²) < 4.78 is 0. The molecule has 0 amide bonds. The first-order chi connectivity index (χ1) is 11.4. The SMILES string of the molecule is NC(=S)c1ccc(C=NNc2ccc([N+](=O)[O-])cc2[N+](=O)[O-])cc1. The van der Waals surface area contributed by atoms with Crippen molar-refractivity contribution in [1.29, 1.82) is 0 Å². The van der Waals surface area contributed by atoms with E-state index < -0.39 is 15.5 Å². The van der Waals surface area contributed by atoms with Gasteiger partial charge in [-0.2, -0.15) is 5.10 Å². The van der Waals surface area contributed by atoms with Crippen molar-refractivity contribution in [3.8, 4) is 0 Å². The molecule has 0 spiro atoms. The van der Waals surface area contributed by atoms with Crippen LogP contribution in [0, 0.1) is 20.2 Å². The van der Waals surface area contributed by atoms with Crippen molar-refractivity contribution >= 4 is 40.5 Å². The summed E-state index contributed by atoms with van der Waals surface area (Å²) >= 11 is 4.84. The molecule has 0 atom stereocenters. The molecule has 0 unspecified atom stereocenters. The van der Waals surface area contributed by atoms with Gasteiger partial charge in [0.05, 0.1) is 22.1 Å². The fraction of sp³-hybridized carbons (Fsp3) is 0. The van der Waals surface area contributed by atoms with Gasteiger partial charge in [0, 0.05) is 11.6 Å². The number of nitrogens with zero attached hydrogens (tertiary/aromatic N) is 3. The van der Waals surface area contributed by atoms with Crippen LogP contribution < -0.4 is 11.2 Å². The zero-order valence-electron chi connectivity index (χ0n) is 12.1. The van der Waals surface area contributed by atoms with Gasteiger partial charge in [-0.15, -0.1) is 0 Å². The second-order valence-electron chi connectivity index (χ2n) is 4.57. The molecule has 0 saturated heterocycles. The number of non-ortho nitro benzene ring substituents is 1. The van der Waals surface area contributed by atoms with Gasteiger partial charge in [-0.3, -0.25) is 25.7 Å². The monoisotopic (exact) mass is 345 g/mol. The molecule has 0 heterocycles. The second kappa shape index (κ2) is 7.24. The third-order valence-electron chi connectivity index (χ3n) is 2.98. The Morgan fingerprint density at radius 2 is 1.79 bits per heavy atom. The Balaban J connectivity index is 2.17. The number of nitrogens with two attached hydrogens (primary N) is 1. The Morgan fingerprint density at radius 1 is 1.12 bits per heavy atom. The van der Waals surface area contributed by atoms with Gasteiger partial charge in [-0.25, -0.2) is 0 Å². The Bertz CT molecular complexity index is 836. The van der Waals surface area contributed by atoms with Crippen LogP contribution in [-0.2, 0) is 0 Å². The van der Waals surface area contributed by atoms with E-state index in [4.69, 9.17) is 18.0 Å². The summed E-state index contributed by atoms with van der Waals surface area (Å²) in [7, 11) is 0. The highest BCUT2D eigenvalue weighted by Crippen LogP contribution is 2.28. The zero-order valence-corrected chi connectivity index (χ0v) is 12.9. The number of hydrogen-bond acceptors (Lipinski definition) is 7. The minimum Gasteiger partial charge on any atom is -0.389 e. The Labute approximate surface area is 141 Å². The molecule has 0 fully saturated rings. The Hall–Kier alpha value is -3.40. The van der Waals surface area contributed by atoms with E-state index in [0.717, 1.165) is 12.1 Å². The number of anilines is 1. The predicted molar refractivity (Wildman–Crippen MR) is 93.3 cm³/mol. The topological polar surface area (TPSA) is 137 Å². The highest BCUT2D eigenvalue weighted by molar-refractivity contribution is 7.80. The van der Waals surface area contributed by atoms with Crippen molar-refractivity contribution in [2.45, 2.75) is 0 Å². The third-order valence-corrected chi connectivity index (χ3v) is 3.22. The molecule has 0 saturated carbocycles. The summed E-state index contributed by atoms with van der Waals surface area (Å²) in [6.45, 7) is 0. The smallest absolute Gasteiger partial charge is 0.301 e. The first kappa shape index (κ1) is 17.0. The van der Waals surface area contributed by atoms with Crippen molar-refractivity contribution < 1.29 is 9.85 Å². The van der Waals surface area contributed by atoms with Crippen molar-refractivity contribution in [2.75, 3.05) is 5.43 Å². The van der Waals surface area contributed by atoms with Gasteiger partial charge >= 0.3 is 5.69 Å². The maximum atomic E-state index is 11.0. The molecule has 0 aromatic heterocycles. The van der Waals surface area contributed by atoms with E-state index in [-0.39, 0.29) is 16.4 Å². The number of nitro groups is 2. The Kier molecular flexibility index (Phi) is 5.12. The van der Waals surface area contributed by atoms with Gasteiger partial charge < -0.3 is 5.73 Å². The van der Waals surface area contributed by atoms with Crippen LogP contribution in [-0.4, -0.2) is 21.0 Å². The van der Waals surface area contributed by atoms with Gasteiger partial charge in [-0.1, -0.05) is 36.5 Å². The molecular weight excluding hydrogens is 334 g/mol. The second-order valence-corrected chi connectivity index (χ2v) is 5.01. The minimum absolute atomic E-state index is 0.0432. The van der Waals surface area contributed by atoms with Gasteiger partial charge in [0.25, 0.3) is 5.69 Å². The van der Waals surface area contributed by atoms with Crippen molar-refractivity contribution in [3.05, 3.63) is 73.8 Å². The number of thiocarbonyl (C=S) groups is 1. The van der Waals surface area contributed by atoms with Gasteiger partial charge in [0.2, 0.25) is 0 Å². The summed E-state index contributed by atoms with van der Waals surface area (Å²) in [4.78, 5) is 20.5. The molecule has 122 valence electrons. The lowest BCUT2D eigenvalue weighted by Crippen LogP contribution is -2.08. The van der Waals surface area contributed by atoms with Crippen molar-refractivity contribution in [2.24, 2.45) is 10.8 Å². The van der Waals surface area contributed by atoms with Gasteiger partial charge in [-0.05, 0) is 11.6 Å². The number of benzene rings is 2. The van der Waals surface area contributed by atoms with E-state index in [1.807, 2.05) is 0 Å². The lowest BCUT2D eigenvalue weighted by Gasteiger charge is -2.02. The number of nitrogens with one attached hydrogen (secondary N) is 1. The number of nitro benzene ring substituents is 2. The highest BCUT2D eigenvalue weighted by atomic mass is 32.1. The molecule has 2 aromatic rings. The molecule has 2 rings (SSSR count). The van der Waals surface area contributed by atoms with E-state index >= 15 is 0 Å². The van der Waals surface area contributed by atoms with Crippen LogP contribution in [0.15, 0.2) is 47.6 Å². The summed E-state index contributed by atoms with van der Waals surface area (Å²) in [5.74, 6) is 0. The summed E-state index contributed by atoms with van der Waals surface area (Å²) in [6.07, 6.45) is 1.44. The Morgan fingerprint density at radius 3 is 2.33 bits per heavy atom. The fourth-order valence-corrected chi connectivity index (χ4v) is 1.93. The average Bonchev–Trinajstić information content (AvgIpc) is 2.55. The molecule has 3 N–H and O–H groups in total. The first-order valence-corrected chi connectivity index (χ1v) is 6.91. The molecular formula is C14H11N5O4S. The van der Waals surface area contributed by atoms with Crippen LogP contribution in [0.4, 0.5) is 17.1 Å². The van der Waals surface area contributed by atoms with E-state index in [0.29, 0.717) is 11.1 Å². The lowest BCUT2D eigenvalue weighted by molar-refractivity contribution is -0.393. The van der Waals surface area contributed by atoms with Crippen molar-refractivity contribution in [3.63, 3.8) is 0 Å². The molecule has 0 bridgehead atoms. The summed E-state index contributed by atoms with van der Waals surface area (Å²) in [6, 6.07) is 10.1. The highest BCUT2D eigenvalue weighted by Gasteiger charge is 2.18. The molecule has 0 aliphatic heterocycles. The fourth-order valence-electron chi connectivity index (χ4n) is 1.79. The minimum atomic E-state index is -0.720.